The zero-order valence-corrected chi connectivity index (χ0v) is 14.4. The van der Waals surface area contributed by atoms with Crippen LogP contribution in [0, 0.1) is 6.92 Å². The van der Waals surface area contributed by atoms with Crippen molar-refractivity contribution in [1.29, 1.82) is 0 Å². The highest BCUT2D eigenvalue weighted by atomic mass is 32.1. The standard InChI is InChI=1S/C20H15N3OS/c1-14-4-7-16(8-5-14)18-13-25-20-22-17(11-19(24)23(18)20)9-6-15-3-2-10-21-12-15/h2-13H,1H3. The highest BCUT2D eigenvalue weighted by Gasteiger charge is 2.10. The Morgan fingerprint density at radius 1 is 1.12 bits per heavy atom. The summed E-state index contributed by atoms with van der Waals surface area (Å²) >= 11 is 1.47. The van der Waals surface area contributed by atoms with Crippen molar-refractivity contribution in [1.82, 2.24) is 14.4 Å². The van der Waals surface area contributed by atoms with E-state index in [2.05, 4.69) is 9.97 Å². The van der Waals surface area contributed by atoms with Crippen molar-refractivity contribution in [3.05, 3.63) is 87.4 Å². The second-order valence-electron chi connectivity index (χ2n) is 5.74. The molecule has 1 aromatic carbocycles. The zero-order valence-electron chi connectivity index (χ0n) is 13.6. The summed E-state index contributed by atoms with van der Waals surface area (Å²) in [5, 5.41) is 1.98. The lowest BCUT2D eigenvalue weighted by Crippen LogP contribution is -2.13. The summed E-state index contributed by atoms with van der Waals surface area (Å²) in [6.07, 6.45) is 7.23. The van der Waals surface area contributed by atoms with Crippen LogP contribution in [-0.4, -0.2) is 14.4 Å². The van der Waals surface area contributed by atoms with Gasteiger partial charge in [0.25, 0.3) is 5.56 Å². The molecule has 25 heavy (non-hydrogen) atoms. The van der Waals surface area contributed by atoms with Crippen molar-refractivity contribution in [3.8, 4) is 11.3 Å². The number of aromatic nitrogens is 3. The number of hydrogen-bond donors (Lipinski definition) is 0. The van der Waals surface area contributed by atoms with E-state index in [1.165, 1.54) is 16.9 Å². The third kappa shape index (κ3) is 3.14. The summed E-state index contributed by atoms with van der Waals surface area (Å²) in [5.74, 6) is 0. The lowest BCUT2D eigenvalue weighted by molar-refractivity contribution is 1.08. The van der Waals surface area contributed by atoms with Crippen LogP contribution in [0.5, 0.6) is 0 Å². The highest BCUT2D eigenvalue weighted by molar-refractivity contribution is 7.15. The van der Waals surface area contributed by atoms with Crippen molar-refractivity contribution >= 4 is 28.4 Å². The lowest BCUT2D eigenvalue weighted by Gasteiger charge is -2.02. The van der Waals surface area contributed by atoms with Crippen LogP contribution in [0.4, 0.5) is 0 Å². The zero-order chi connectivity index (χ0) is 17.2. The van der Waals surface area contributed by atoms with Gasteiger partial charge in [0.05, 0.1) is 11.4 Å². The molecule has 0 aliphatic carbocycles. The minimum absolute atomic E-state index is 0.0762. The first-order valence-electron chi connectivity index (χ1n) is 7.87. The van der Waals surface area contributed by atoms with E-state index in [1.807, 2.05) is 60.9 Å². The van der Waals surface area contributed by atoms with Gasteiger partial charge in [0.2, 0.25) is 0 Å². The topological polar surface area (TPSA) is 47.3 Å². The van der Waals surface area contributed by atoms with Gasteiger partial charge in [-0.05, 0) is 30.2 Å². The number of pyridine rings is 1. The summed E-state index contributed by atoms with van der Waals surface area (Å²) in [6.45, 7) is 2.05. The summed E-state index contributed by atoms with van der Waals surface area (Å²) in [5.41, 5.74) is 4.62. The van der Waals surface area contributed by atoms with Crippen LogP contribution < -0.4 is 5.56 Å². The van der Waals surface area contributed by atoms with E-state index in [0.29, 0.717) is 10.7 Å². The molecule has 0 fully saturated rings. The Labute approximate surface area is 148 Å². The summed E-state index contributed by atoms with van der Waals surface area (Å²) < 4.78 is 1.66. The molecule has 4 aromatic rings. The summed E-state index contributed by atoms with van der Waals surface area (Å²) in [7, 11) is 0. The predicted octanol–water partition coefficient (Wildman–Crippen LogP) is 4.30. The monoisotopic (exact) mass is 345 g/mol. The Bertz CT molecular complexity index is 1110. The fourth-order valence-electron chi connectivity index (χ4n) is 2.60. The minimum atomic E-state index is -0.0762. The van der Waals surface area contributed by atoms with Crippen molar-refractivity contribution in [2.75, 3.05) is 0 Å². The lowest BCUT2D eigenvalue weighted by atomic mass is 10.1. The van der Waals surface area contributed by atoms with Gasteiger partial charge in [-0.15, -0.1) is 11.3 Å². The van der Waals surface area contributed by atoms with Crippen LogP contribution >= 0.6 is 11.3 Å². The maximum Gasteiger partial charge on any atom is 0.259 e. The molecule has 122 valence electrons. The number of nitrogens with zero attached hydrogens (tertiary/aromatic N) is 3. The molecule has 0 spiro atoms. The SMILES string of the molecule is Cc1ccc(-c2csc3nc(C=Cc4cccnc4)cc(=O)n23)cc1. The highest BCUT2D eigenvalue weighted by Crippen LogP contribution is 2.24. The minimum Gasteiger partial charge on any atom is -0.269 e. The van der Waals surface area contributed by atoms with Crippen LogP contribution in [0.2, 0.25) is 0 Å². The maximum absolute atomic E-state index is 12.6. The van der Waals surface area contributed by atoms with Crippen LogP contribution in [-0.2, 0) is 0 Å². The normalized spacial score (nSPS) is 11.4. The van der Waals surface area contributed by atoms with Crippen molar-refractivity contribution in [2.45, 2.75) is 6.92 Å². The average Bonchev–Trinajstić information content (AvgIpc) is 3.06. The number of aryl methyl sites for hydroxylation is 1. The molecular formula is C20H15N3OS. The van der Waals surface area contributed by atoms with Gasteiger partial charge in [-0.2, -0.15) is 0 Å². The molecule has 0 aliphatic rings. The second kappa shape index (κ2) is 6.45. The van der Waals surface area contributed by atoms with E-state index in [0.717, 1.165) is 16.8 Å². The molecular weight excluding hydrogens is 330 g/mol. The van der Waals surface area contributed by atoms with Crippen LogP contribution in [0.3, 0.4) is 0 Å². The largest absolute Gasteiger partial charge is 0.269 e. The molecule has 0 aliphatic heterocycles. The van der Waals surface area contributed by atoms with Gasteiger partial charge < -0.3 is 0 Å². The van der Waals surface area contributed by atoms with Crippen LogP contribution in [0.15, 0.2) is 65.0 Å². The number of hydrogen-bond acceptors (Lipinski definition) is 4. The van der Waals surface area contributed by atoms with Gasteiger partial charge in [0, 0.05) is 23.8 Å². The number of fused-ring (bicyclic) bond motifs is 1. The van der Waals surface area contributed by atoms with Crippen LogP contribution in [0.25, 0.3) is 28.4 Å². The maximum atomic E-state index is 12.6. The Kier molecular flexibility index (Phi) is 3.99. The quantitative estimate of drug-likeness (QED) is 0.556. The molecule has 0 bridgehead atoms. The molecule has 5 heteroatoms. The predicted molar refractivity (Wildman–Crippen MR) is 103 cm³/mol. The van der Waals surface area contributed by atoms with Gasteiger partial charge in [-0.1, -0.05) is 42.0 Å². The van der Waals surface area contributed by atoms with Crippen molar-refractivity contribution < 1.29 is 0 Å². The first-order valence-corrected chi connectivity index (χ1v) is 8.75. The van der Waals surface area contributed by atoms with E-state index in [1.54, 1.807) is 22.9 Å². The average molecular weight is 345 g/mol. The molecule has 0 saturated carbocycles. The molecule has 0 saturated heterocycles. The third-order valence-corrected chi connectivity index (χ3v) is 4.73. The molecule has 0 radical (unpaired) electrons. The molecule has 4 rings (SSSR count). The number of rotatable bonds is 3. The molecule has 0 atom stereocenters. The molecule has 0 amide bonds. The van der Waals surface area contributed by atoms with Gasteiger partial charge >= 0.3 is 0 Å². The Morgan fingerprint density at radius 2 is 1.96 bits per heavy atom. The summed E-state index contributed by atoms with van der Waals surface area (Å²) in [4.78, 5) is 22.0. The van der Waals surface area contributed by atoms with E-state index in [4.69, 9.17) is 0 Å². The van der Waals surface area contributed by atoms with Gasteiger partial charge in [-0.3, -0.25) is 14.2 Å². The van der Waals surface area contributed by atoms with Crippen molar-refractivity contribution in [3.63, 3.8) is 0 Å². The number of benzene rings is 1. The molecule has 3 heterocycles. The van der Waals surface area contributed by atoms with Gasteiger partial charge in [0.1, 0.15) is 0 Å². The fraction of sp³-hybridized carbons (Fsp3) is 0.0500. The first kappa shape index (κ1) is 15.5. The van der Waals surface area contributed by atoms with E-state index in [9.17, 15) is 4.79 Å². The van der Waals surface area contributed by atoms with Gasteiger partial charge in [-0.25, -0.2) is 4.98 Å². The van der Waals surface area contributed by atoms with E-state index in [-0.39, 0.29) is 5.56 Å². The molecule has 4 nitrogen and oxygen atoms in total. The molecule has 0 unspecified atom stereocenters. The summed E-state index contributed by atoms with van der Waals surface area (Å²) in [6, 6.07) is 13.5. The number of thiazole rings is 1. The van der Waals surface area contributed by atoms with Crippen molar-refractivity contribution in [2.24, 2.45) is 0 Å². The Hall–Kier alpha value is -3.05. The smallest absolute Gasteiger partial charge is 0.259 e. The first-order chi connectivity index (χ1) is 12.2. The van der Waals surface area contributed by atoms with E-state index < -0.39 is 0 Å². The Morgan fingerprint density at radius 3 is 2.72 bits per heavy atom. The van der Waals surface area contributed by atoms with E-state index >= 15 is 0 Å². The fourth-order valence-corrected chi connectivity index (χ4v) is 3.51. The molecule has 3 aromatic heterocycles. The van der Waals surface area contributed by atoms with Crippen LogP contribution in [0.1, 0.15) is 16.8 Å². The third-order valence-electron chi connectivity index (χ3n) is 3.90. The molecule has 0 N–H and O–H groups in total. The van der Waals surface area contributed by atoms with Gasteiger partial charge in [0.15, 0.2) is 4.96 Å². The Balaban J connectivity index is 1.76. The second-order valence-corrected chi connectivity index (χ2v) is 6.58.